The van der Waals surface area contributed by atoms with Gasteiger partial charge in [0, 0.05) is 17.7 Å². The van der Waals surface area contributed by atoms with Crippen LogP contribution >= 0.6 is 0 Å². The van der Waals surface area contributed by atoms with Crippen molar-refractivity contribution in [3.63, 3.8) is 0 Å². The summed E-state index contributed by atoms with van der Waals surface area (Å²) in [6, 6.07) is 5.41. The molecule has 0 saturated heterocycles. The van der Waals surface area contributed by atoms with Gasteiger partial charge in [0.15, 0.2) is 5.78 Å². The van der Waals surface area contributed by atoms with Crippen LogP contribution in [0.1, 0.15) is 10.4 Å². The molecule has 5 heteroatoms. The third-order valence-corrected chi connectivity index (χ3v) is 1.87. The van der Waals surface area contributed by atoms with Crippen molar-refractivity contribution < 1.29 is 14.5 Å². The van der Waals surface area contributed by atoms with Gasteiger partial charge in [-0.05, 0) is 12.1 Å². The quantitative estimate of drug-likeness (QED) is 0.242. The Morgan fingerprint density at radius 1 is 1.44 bits per heavy atom. The number of carbonyl (C=O) groups excluding carboxylic acids is 1. The zero-order chi connectivity index (χ0) is 12.0. The van der Waals surface area contributed by atoms with Crippen LogP contribution in [0.3, 0.4) is 0 Å². The van der Waals surface area contributed by atoms with Crippen LogP contribution in [0.25, 0.3) is 0 Å². The number of ketones is 1. The lowest BCUT2D eigenvalue weighted by Crippen LogP contribution is -2.09. The summed E-state index contributed by atoms with van der Waals surface area (Å²) in [6.07, 6.45) is 1.54. The molecule has 0 saturated carbocycles. The molecule has 5 nitrogen and oxygen atoms in total. The van der Waals surface area contributed by atoms with Crippen molar-refractivity contribution in [2.45, 2.75) is 0 Å². The van der Waals surface area contributed by atoms with Crippen LogP contribution in [0.2, 0.25) is 0 Å². The second-order valence-corrected chi connectivity index (χ2v) is 3.03. The zero-order valence-corrected chi connectivity index (χ0v) is 8.59. The van der Waals surface area contributed by atoms with Crippen molar-refractivity contribution in [1.82, 2.24) is 0 Å². The Balaban J connectivity index is 2.63. The second-order valence-electron chi connectivity index (χ2n) is 3.03. The minimum atomic E-state index is -0.511. The van der Waals surface area contributed by atoms with Gasteiger partial charge in [-0.15, -0.1) is 6.58 Å². The zero-order valence-electron chi connectivity index (χ0n) is 8.59. The van der Waals surface area contributed by atoms with Crippen molar-refractivity contribution in [3.05, 3.63) is 52.6 Å². The summed E-state index contributed by atoms with van der Waals surface area (Å²) in [5, 5.41) is 10.4. The lowest BCUT2D eigenvalue weighted by Gasteiger charge is -2.00. The molecule has 16 heavy (non-hydrogen) atoms. The molecular weight excluding hydrogens is 210 g/mol. The Morgan fingerprint density at radius 3 is 2.56 bits per heavy atom. The van der Waals surface area contributed by atoms with Crippen LogP contribution in [0.5, 0.6) is 0 Å². The molecule has 1 rings (SSSR count). The standard InChI is InChI=1S/C11H11NO4/c1-2-7-16-8-11(13)9-3-5-10(6-4-9)12(14)15/h2-6H,1,7-8H2. The fourth-order valence-electron chi connectivity index (χ4n) is 1.09. The number of carbonyl (C=O) groups is 1. The van der Waals surface area contributed by atoms with Gasteiger partial charge < -0.3 is 4.74 Å². The number of nitrogens with zero attached hydrogens (tertiary/aromatic N) is 1. The molecule has 0 aliphatic rings. The molecule has 0 unspecified atom stereocenters. The number of hydrogen-bond acceptors (Lipinski definition) is 4. The molecule has 0 heterocycles. The van der Waals surface area contributed by atoms with E-state index >= 15 is 0 Å². The summed E-state index contributed by atoms with van der Waals surface area (Å²) >= 11 is 0. The molecule has 0 fully saturated rings. The maximum Gasteiger partial charge on any atom is 0.269 e. The van der Waals surface area contributed by atoms with Gasteiger partial charge in [-0.25, -0.2) is 0 Å². The van der Waals surface area contributed by atoms with E-state index in [4.69, 9.17) is 4.74 Å². The van der Waals surface area contributed by atoms with Gasteiger partial charge in [-0.2, -0.15) is 0 Å². The molecule has 0 spiro atoms. The summed E-state index contributed by atoms with van der Waals surface area (Å²) in [4.78, 5) is 21.3. The maximum absolute atomic E-state index is 11.5. The first-order chi connectivity index (χ1) is 7.65. The lowest BCUT2D eigenvalue weighted by molar-refractivity contribution is -0.384. The molecule has 0 radical (unpaired) electrons. The van der Waals surface area contributed by atoms with E-state index in [1.165, 1.54) is 24.3 Å². The van der Waals surface area contributed by atoms with Crippen LogP contribution in [0, 0.1) is 10.1 Å². The summed E-state index contributed by atoms with van der Waals surface area (Å²) in [6.45, 7) is 3.70. The second kappa shape index (κ2) is 5.77. The predicted molar refractivity (Wildman–Crippen MR) is 58.4 cm³/mol. The number of rotatable bonds is 6. The van der Waals surface area contributed by atoms with Gasteiger partial charge in [0.1, 0.15) is 6.61 Å². The molecule has 1 aromatic carbocycles. The minimum Gasteiger partial charge on any atom is -0.369 e. The molecule has 0 amide bonds. The van der Waals surface area contributed by atoms with Crippen molar-refractivity contribution in [2.24, 2.45) is 0 Å². The van der Waals surface area contributed by atoms with E-state index < -0.39 is 4.92 Å². The van der Waals surface area contributed by atoms with E-state index in [-0.39, 0.29) is 18.1 Å². The number of non-ortho nitro benzene ring substituents is 1. The number of Topliss-reactive ketones (excluding diaryl/α,β-unsaturated/α-hetero) is 1. The topological polar surface area (TPSA) is 69.4 Å². The van der Waals surface area contributed by atoms with E-state index in [1.807, 2.05) is 0 Å². The van der Waals surface area contributed by atoms with Crippen LogP contribution in [0.4, 0.5) is 5.69 Å². The summed E-state index contributed by atoms with van der Waals surface area (Å²) < 4.78 is 4.98. The number of benzene rings is 1. The highest BCUT2D eigenvalue weighted by Gasteiger charge is 2.09. The van der Waals surface area contributed by atoms with Gasteiger partial charge in [0.05, 0.1) is 11.5 Å². The summed E-state index contributed by atoms with van der Waals surface area (Å²) in [5.74, 6) is -0.211. The molecule has 0 aliphatic heterocycles. The van der Waals surface area contributed by atoms with Crippen molar-refractivity contribution in [1.29, 1.82) is 0 Å². The first kappa shape index (κ1) is 12.1. The van der Waals surface area contributed by atoms with Crippen LogP contribution in [-0.4, -0.2) is 23.9 Å². The van der Waals surface area contributed by atoms with Crippen LogP contribution in [0.15, 0.2) is 36.9 Å². The maximum atomic E-state index is 11.5. The Hall–Kier alpha value is -2.01. The summed E-state index contributed by atoms with van der Waals surface area (Å²) in [5.41, 5.74) is 0.359. The van der Waals surface area contributed by atoms with Gasteiger partial charge in [-0.1, -0.05) is 6.08 Å². The molecule has 1 aromatic rings. The fourth-order valence-corrected chi connectivity index (χ4v) is 1.09. The fraction of sp³-hybridized carbons (Fsp3) is 0.182. The van der Waals surface area contributed by atoms with E-state index in [0.29, 0.717) is 12.2 Å². The Labute approximate surface area is 92.5 Å². The van der Waals surface area contributed by atoms with Crippen molar-refractivity contribution >= 4 is 11.5 Å². The van der Waals surface area contributed by atoms with Gasteiger partial charge in [-0.3, -0.25) is 14.9 Å². The number of ether oxygens (including phenoxy) is 1. The molecule has 0 bridgehead atoms. The van der Waals surface area contributed by atoms with E-state index in [0.717, 1.165) is 0 Å². The summed E-state index contributed by atoms with van der Waals surface area (Å²) in [7, 11) is 0. The molecule has 0 atom stereocenters. The molecule has 0 aliphatic carbocycles. The Kier molecular flexibility index (Phi) is 4.35. The molecule has 0 N–H and O–H groups in total. The average molecular weight is 221 g/mol. The number of nitro groups is 1. The van der Waals surface area contributed by atoms with Gasteiger partial charge in [0.25, 0.3) is 5.69 Å². The lowest BCUT2D eigenvalue weighted by atomic mass is 10.1. The monoisotopic (exact) mass is 221 g/mol. The number of hydrogen-bond donors (Lipinski definition) is 0. The third kappa shape index (κ3) is 3.29. The first-order valence-corrected chi connectivity index (χ1v) is 4.61. The highest BCUT2D eigenvalue weighted by Crippen LogP contribution is 2.12. The van der Waals surface area contributed by atoms with Crippen LogP contribution < -0.4 is 0 Å². The third-order valence-electron chi connectivity index (χ3n) is 1.87. The normalized spacial score (nSPS) is 9.75. The van der Waals surface area contributed by atoms with Crippen LogP contribution in [-0.2, 0) is 4.74 Å². The molecule has 0 aromatic heterocycles. The van der Waals surface area contributed by atoms with Gasteiger partial charge in [0.2, 0.25) is 0 Å². The Bertz CT molecular complexity index is 397. The van der Waals surface area contributed by atoms with E-state index in [1.54, 1.807) is 6.08 Å². The predicted octanol–water partition coefficient (Wildman–Crippen LogP) is 1.98. The average Bonchev–Trinajstić information content (AvgIpc) is 2.29. The smallest absolute Gasteiger partial charge is 0.269 e. The van der Waals surface area contributed by atoms with Crippen molar-refractivity contribution in [3.8, 4) is 0 Å². The highest BCUT2D eigenvalue weighted by atomic mass is 16.6. The largest absolute Gasteiger partial charge is 0.369 e. The van der Waals surface area contributed by atoms with Crippen molar-refractivity contribution in [2.75, 3.05) is 13.2 Å². The SMILES string of the molecule is C=CCOCC(=O)c1ccc([N+](=O)[O-])cc1. The van der Waals surface area contributed by atoms with E-state index in [2.05, 4.69) is 6.58 Å². The minimum absolute atomic E-state index is 0.0384. The molecular formula is C11H11NO4. The molecule has 84 valence electrons. The first-order valence-electron chi connectivity index (χ1n) is 4.61. The Morgan fingerprint density at radius 2 is 2.06 bits per heavy atom. The highest BCUT2D eigenvalue weighted by molar-refractivity contribution is 5.97. The number of nitro benzene ring substituents is 1. The van der Waals surface area contributed by atoms with Gasteiger partial charge >= 0.3 is 0 Å². The van der Waals surface area contributed by atoms with E-state index in [9.17, 15) is 14.9 Å².